The second kappa shape index (κ2) is 5.10. The molecule has 2 aromatic rings. The summed E-state index contributed by atoms with van der Waals surface area (Å²) in [6.45, 7) is 3.90. The molecule has 0 radical (unpaired) electrons. The zero-order valence-corrected chi connectivity index (χ0v) is 12.1. The van der Waals surface area contributed by atoms with Gasteiger partial charge in [0.15, 0.2) is 5.78 Å². The molecule has 1 aromatic carbocycles. The van der Waals surface area contributed by atoms with Gasteiger partial charge in [0.1, 0.15) is 0 Å². The van der Waals surface area contributed by atoms with Crippen molar-refractivity contribution >= 4 is 33.0 Å². The summed E-state index contributed by atoms with van der Waals surface area (Å²) in [6, 6.07) is 5.72. The first kappa shape index (κ1) is 12.5. The number of benzene rings is 1. The quantitative estimate of drug-likeness (QED) is 0.804. The van der Waals surface area contributed by atoms with E-state index < -0.39 is 0 Å². The van der Waals surface area contributed by atoms with Crippen molar-refractivity contribution < 1.29 is 4.79 Å². The molecule has 0 unspecified atom stereocenters. The standard InChI is InChI=1S/C13H12BrNOS/c1-8-5-10(14)3-4-12(8)13(16)6-11-7-17-9(2)15-11/h3-5,7H,6H2,1-2H3. The Morgan fingerprint density at radius 1 is 1.41 bits per heavy atom. The van der Waals surface area contributed by atoms with Gasteiger partial charge >= 0.3 is 0 Å². The van der Waals surface area contributed by atoms with Gasteiger partial charge < -0.3 is 0 Å². The maximum absolute atomic E-state index is 12.1. The summed E-state index contributed by atoms with van der Waals surface area (Å²) in [5.41, 5.74) is 2.63. The summed E-state index contributed by atoms with van der Waals surface area (Å²) < 4.78 is 0.996. The molecule has 17 heavy (non-hydrogen) atoms. The summed E-state index contributed by atoms with van der Waals surface area (Å²) in [4.78, 5) is 16.4. The van der Waals surface area contributed by atoms with E-state index in [1.165, 1.54) is 0 Å². The van der Waals surface area contributed by atoms with Gasteiger partial charge in [-0.3, -0.25) is 4.79 Å². The number of hydrogen-bond donors (Lipinski definition) is 0. The highest BCUT2D eigenvalue weighted by molar-refractivity contribution is 9.10. The number of ketones is 1. The van der Waals surface area contributed by atoms with Crippen molar-refractivity contribution in [3.8, 4) is 0 Å². The number of aromatic nitrogens is 1. The average Bonchev–Trinajstić information content (AvgIpc) is 2.63. The molecule has 0 saturated carbocycles. The lowest BCUT2D eigenvalue weighted by atomic mass is 10.0. The highest BCUT2D eigenvalue weighted by atomic mass is 79.9. The Morgan fingerprint density at radius 3 is 2.76 bits per heavy atom. The molecule has 0 bridgehead atoms. The zero-order valence-electron chi connectivity index (χ0n) is 9.66. The number of Topliss-reactive ketones (excluding diaryl/α,β-unsaturated/α-hetero) is 1. The number of nitrogens with zero attached hydrogens (tertiary/aromatic N) is 1. The predicted octanol–water partition coefficient (Wildman–Crippen LogP) is 3.95. The van der Waals surface area contributed by atoms with Gasteiger partial charge in [-0.25, -0.2) is 4.98 Å². The molecule has 0 N–H and O–H groups in total. The van der Waals surface area contributed by atoms with Crippen molar-refractivity contribution in [2.45, 2.75) is 20.3 Å². The van der Waals surface area contributed by atoms with Gasteiger partial charge in [-0.15, -0.1) is 11.3 Å². The van der Waals surface area contributed by atoms with E-state index in [-0.39, 0.29) is 5.78 Å². The highest BCUT2D eigenvalue weighted by Gasteiger charge is 2.11. The van der Waals surface area contributed by atoms with Gasteiger partial charge in [-0.1, -0.05) is 22.0 Å². The Morgan fingerprint density at radius 2 is 2.18 bits per heavy atom. The van der Waals surface area contributed by atoms with Gasteiger partial charge in [-0.05, 0) is 31.5 Å². The second-order valence-electron chi connectivity index (χ2n) is 3.92. The van der Waals surface area contributed by atoms with E-state index in [9.17, 15) is 4.79 Å². The first-order valence-electron chi connectivity index (χ1n) is 5.26. The number of halogens is 1. The van der Waals surface area contributed by atoms with E-state index in [1.807, 2.05) is 37.4 Å². The van der Waals surface area contributed by atoms with E-state index in [0.29, 0.717) is 6.42 Å². The molecule has 0 saturated heterocycles. The van der Waals surface area contributed by atoms with Crippen molar-refractivity contribution in [2.75, 3.05) is 0 Å². The van der Waals surface area contributed by atoms with Crippen LogP contribution in [0.15, 0.2) is 28.1 Å². The molecule has 0 aliphatic heterocycles. The third-order valence-electron chi connectivity index (χ3n) is 2.50. The third-order valence-corrected chi connectivity index (χ3v) is 3.81. The first-order valence-corrected chi connectivity index (χ1v) is 6.94. The zero-order chi connectivity index (χ0) is 12.4. The molecule has 0 aliphatic carbocycles. The van der Waals surface area contributed by atoms with Crippen molar-refractivity contribution in [3.05, 3.63) is 49.9 Å². The Bertz CT molecular complexity index is 562. The van der Waals surface area contributed by atoms with E-state index >= 15 is 0 Å². The Hall–Kier alpha value is -1.00. The lowest BCUT2D eigenvalue weighted by Crippen LogP contribution is -2.05. The normalized spacial score (nSPS) is 10.5. The molecule has 2 nitrogen and oxygen atoms in total. The number of hydrogen-bond acceptors (Lipinski definition) is 3. The number of carbonyl (C=O) groups is 1. The first-order chi connectivity index (χ1) is 8.06. The minimum atomic E-state index is 0.125. The van der Waals surface area contributed by atoms with Crippen molar-refractivity contribution in [1.82, 2.24) is 4.98 Å². The fraction of sp³-hybridized carbons (Fsp3) is 0.231. The van der Waals surface area contributed by atoms with Crippen LogP contribution in [-0.4, -0.2) is 10.8 Å². The lowest BCUT2D eigenvalue weighted by Gasteiger charge is -2.04. The van der Waals surface area contributed by atoms with Gasteiger partial charge in [0.2, 0.25) is 0 Å². The van der Waals surface area contributed by atoms with Gasteiger partial charge in [0.05, 0.1) is 17.1 Å². The van der Waals surface area contributed by atoms with Gasteiger partial charge in [0, 0.05) is 15.4 Å². The van der Waals surface area contributed by atoms with Crippen LogP contribution in [0.5, 0.6) is 0 Å². The monoisotopic (exact) mass is 309 g/mol. The lowest BCUT2D eigenvalue weighted by molar-refractivity contribution is 0.0991. The molecule has 1 aromatic heterocycles. The van der Waals surface area contributed by atoms with Crippen molar-refractivity contribution in [3.63, 3.8) is 0 Å². The third kappa shape index (κ3) is 3.01. The summed E-state index contributed by atoms with van der Waals surface area (Å²) in [7, 11) is 0. The Labute approximate surface area is 113 Å². The molecule has 0 spiro atoms. The van der Waals surface area contributed by atoms with Gasteiger partial charge in [0.25, 0.3) is 0 Å². The fourth-order valence-corrected chi connectivity index (χ4v) is 2.78. The molecule has 4 heteroatoms. The molecule has 2 rings (SSSR count). The Kier molecular flexibility index (Phi) is 3.74. The summed E-state index contributed by atoms with van der Waals surface area (Å²) in [6.07, 6.45) is 0.382. The van der Waals surface area contributed by atoms with Crippen LogP contribution in [-0.2, 0) is 6.42 Å². The van der Waals surface area contributed by atoms with Crippen LogP contribution in [0.25, 0.3) is 0 Å². The van der Waals surface area contributed by atoms with Crippen molar-refractivity contribution in [1.29, 1.82) is 0 Å². The predicted molar refractivity (Wildman–Crippen MR) is 73.8 cm³/mol. The molecule has 1 heterocycles. The number of carbonyl (C=O) groups excluding carboxylic acids is 1. The second-order valence-corrected chi connectivity index (χ2v) is 5.89. The van der Waals surface area contributed by atoms with E-state index in [0.717, 1.165) is 26.3 Å². The fourth-order valence-electron chi connectivity index (χ4n) is 1.69. The van der Waals surface area contributed by atoms with Gasteiger partial charge in [-0.2, -0.15) is 0 Å². The van der Waals surface area contributed by atoms with Crippen LogP contribution in [0, 0.1) is 13.8 Å². The number of rotatable bonds is 3. The van der Waals surface area contributed by atoms with E-state index in [4.69, 9.17) is 0 Å². The van der Waals surface area contributed by atoms with Crippen LogP contribution in [0.3, 0.4) is 0 Å². The summed E-state index contributed by atoms with van der Waals surface area (Å²) in [5, 5.41) is 2.95. The van der Waals surface area contributed by atoms with Crippen LogP contribution in [0.4, 0.5) is 0 Å². The minimum absolute atomic E-state index is 0.125. The minimum Gasteiger partial charge on any atom is -0.294 e. The van der Waals surface area contributed by atoms with Crippen LogP contribution in [0.2, 0.25) is 0 Å². The summed E-state index contributed by atoms with van der Waals surface area (Å²) in [5.74, 6) is 0.125. The molecule has 88 valence electrons. The Balaban J connectivity index is 2.20. The van der Waals surface area contributed by atoms with Crippen LogP contribution >= 0.6 is 27.3 Å². The highest BCUT2D eigenvalue weighted by Crippen LogP contribution is 2.18. The average molecular weight is 310 g/mol. The largest absolute Gasteiger partial charge is 0.294 e. The molecule has 0 fully saturated rings. The van der Waals surface area contributed by atoms with E-state index in [1.54, 1.807) is 11.3 Å². The van der Waals surface area contributed by atoms with Crippen LogP contribution in [0.1, 0.15) is 26.6 Å². The number of thiazole rings is 1. The van der Waals surface area contributed by atoms with Crippen molar-refractivity contribution in [2.24, 2.45) is 0 Å². The molecular weight excluding hydrogens is 298 g/mol. The smallest absolute Gasteiger partial charge is 0.169 e. The maximum Gasteiger partial charge on any atom is 0.169 e. The van der Waals surface area contributed by atoms with E-state index in [2.05, 4.69) is 20.9 Å². The molecule has 0 aliphatic rings. The molecule has 0 atom stereocenters. The van der Waals surface area contributed by atoms with Crippen LogP contribution < -0.4 is 0 Å². The summed E-state index contributed by atoms with van der Waals surface area (Å²) >= 11 is 4.97. The number of aryl methyl sites for hydroxylation is 2. The topological polar surface area (TPSA) is 30.0 Å². The maximum atomic E-state index is 12.1. The molecule has 0 amide bonds. The molecular formula is C13H12BrNOS. The SMILES string of the molecule is Cc1nc(CC(=O)c2ccc(Br)cc2C)cs1.